The zero-order valence-corrected chi connectivity index (χ0v) is 15.8. The third-order valence-corrected chi connectivity index (χ3v) is 3.95. The molecule has 5 nitrogen and oxygen atoms in total. The highest BCUT2D eigenvalue weighted by Crippen LogP contribution is 2.18. The normalized spacial score (nSPS) is 10.9. The number of carbonyl (C=O) groups excluding carboxylic acids is 2. The number of nitrogens with zero attached hydrogens (tertiary/aromatic N) is 1. The molecule has 2 aromatic carbocycles. The molecule has 2 rings (SSSR count). The monoisotopic (exact) mass is 366 g/mol. The molecule has 0 bridgehead atoms. The van der Waals surface area contributed by atoms with E-state index in [1.165, 1.54) is 6.08 Å². The van der Waals surface area contributed by atoms with Crippen LogP contribution in [0.2, 0.25) is 0 Å². The van der Waals surface area contributed by atoms with Crippen molar-refractivity contribution in [3.05, 3.63) is 78.4 Å². The Hall–Kier alpha value is -2.92. The van der Waals surface area contributed by atoms with Crippen LogP contribution in [0.25, 0.3) is 0 Å². The van der Waals surface area contributed by atoms with Gasteiger partial charge in [-0.15, -0.1) is 0 Å². The Morgan fingerprint density at radius 2 is 1.74 bits per heavy atom. The molecule has 142 valence electrons. The van der Waals surface area contributed by atoms with Crippen LogP contribution in [-0.2, 0) is 22.6 Å². The maximum absolute atomic E-state index is 13.0. The number of para-hydroxylation sites is 1. The fraction of sp³-hybridized carbons (Fsp3) is 0.273. The van der Waals surface area contributed by atoms with Crippen molar-refractivity contribution in [2.45, 2.75) is 32.4 Å². The number of carbonyl (C=O) groups is 2. The van der Waals surface area contributed by atoms with Gasteiger partial charge in [0.1, 0.15) is 0 Å². The van der Waals surface area contributed by atoms with Gasteiger partial charge in [-0.25, -0.2) is 0 Å². The summed E-state index contributed by atoms with van der Waals surface area (Å²) in [6.45, 7) is 7.42. The summed E-state index contributed by atoms with van der Waals surface area (Å²) in [7, 11) is 0. The van der Waals surface area contributed by atoms with E-state index in [1.807, 2.05) is 36.4 Å². The van der Waals surface area contributed by atoms with Gasteiger partial charge in [-0.05, 0) is 37.1 Å². The Kier molecular flexibility index (Phi) is 6.91. The molecule has 0 spiro atoms. The van der Waals surface area contributed by atoms with E-state index in [-0.39, 0.29) is 24.8 Å². The van der Waals surface area contributed by atoms with Crippen LogP contribution in [0.3, 0.4) is 0 Å². The average molecular weight is 366 g/mol. The van der Waals surface area contributed by atoms with Gasteiger partial charge >= 0.3 is 0 Å². The van der Waals surface area contributed by atoms with Crippen LogP contribution in [0.5, 0.6) is 0 Å². The number of hydrogen-bond donors (Lipinski definition) is 2. The van der Waals surface area contributed by atoms with Crippen LogP contribution in [-0.4, -0.2) is 34.0 Å². The third-order valence-electron chi connectivity index (χ3n) is 3.95. The van der Waals surface area contributed by atoms with Gasteiger partial charge in [0.15, 0.2) is 0 Å². The first-order valence-electron chi connectivity index (χ1n) is 8.84. The smallest absolute Gasteiger partial charge is 0.247 e. The van der Waals surface area contributed by atoms with Gasteiger partial charge in [-0.1, -0.05) is 55.1 Å². The van der Waals surface area contributed by atoms with E-state index >= 15 is 0 Å². The van der Waals surface area contributed by atoms with E-state index in [0.717, 1.165) is 5.56 Å². The highest BCUT2D eigenvalue weighted by Gasteiger charge is 2.23. The maximum Gasteiger partial charge on any atom is 0.247 e. The van der Waals surface area contributed by atoms with Crippen molar-refractivity contribution in [3.8, 4) is 0 Å². The first-order chi connectivity index (χ1) is 12.8. The average Bonchev–Trinajstić information content (AvgIpc) is 2.62. The van der Waals surface area contributed by atoms with Crippen LogP contribution in [0.1, 0.15) is 25.0 Å². The van der Waals surface area contributed by atoms with Gasteiger partial charge in [0, 0.05) is 18.8 Å². The van der Waals surface area contributed by atoms with Crippen molar-refractivity contribution in [1.82, 2.24) is 4.90 Å². The van der Waals surface area contributed by atoms with Gasteiger partial charge in [0.05, 0.1) is 12.0 Å². The van der Waals surface area contributed by atoms with Crippen molar-refractivity contribution < 1.29 is 14.7 Å². The Morgan fingerprint density at radius 1 is 1.11 bits per heavy atom. The van der Waals surface area contributed by atoms with Gasteiger partial charge in [0.2, 0.25) is 11.8 Å². The number of nitrogens with one attached hydrogen (secondary N) is 1. The van der Waals surface area contributed by atoms with E-state index < -0.39 is 5.60 Å². The number of aliphatic hydroxyl groups is 1. The molecule has 2 amide bonds. The molecule has 0 saturated carbocycles. The molecule has 0 heterocycles. The highest BCUT2D eigenvalue weighted by atomic mass is 16.3. The van der Waals surface area contributed by atoms with Crippen molar-refractivity contribution in [2.75, 3.05) is 11.9 Å². The Labute approximate surface area is 160 Å². The van der Waals surface area contributed by atoms with Gasteiger partial charge < -0.3 is 15.3 Å². The molecule has 2 N–H and O–H groups in total. The second kappa shape index (κ2) is 9.14. The molecule has 0 aliphatic rings. The predicted molar refractivity (Wildman–Crippen MR) is 107 cm³/mol. The lowest BCUT2D eigenvalue weighted by atomic mass is 10.1. The summed E-state index contributed by atoms with van der Waals surface area (Å²) < 4.78 is 0. The summed E-state index contributed by atoms with van der Waals surface area (Å²) >= 11 is 0. The fourth-order valence-electron chi connectivity index (χ4n) is 2.76. The molecule has 5 heteroatoms. The van der Waals surface area contributed by atoms with E-state index in [1.54, 1.807) is 36.9 Å². The number of anilines is 1. The SMILES string of the molecule is C=CC(=O)Nc1ccccc1CC(=O)N(Cc1ccccc1)CC(C)(C)O. The molecular formula is C22H26N2O3. The van der Waals surface area contributed by atoms with Crippen molar-refractivity contribution in [3.63, 3.8) is 0 Å². The third kappa shape index (κ3) is 6.72. The number of amides is 2. The van der Waals surface area contributed by atoms with Crippen LogP contribution < -0.4 is 5.32 Å². The number of rotatable bonds is 8. The molecule has 0 aromatic heterocycles. The van der Waals surface area contributed by atoms with Crippen molar-refractivity contribution in [1.29, 1.82) is 0 Å². The molecule has 0 radical (unpaired) electrons. The zero-order valence-electron chi connectivity index (χ0n) is 15.8. The standard InChI is InChI=1S/C22H26N2O3/c1-4-20(25)23-19-13-9-8-12-18(19)14-21(26)24(16-22(2,3)27)15-17-10-6-5-7-11-17/h4-13,27H,1,14-16H2,2-3H3,(H,23,25). The number of hydrogen-bond acceptors (Lipinski definition) is 3. The first-order valence-corrected chi connectivity index (χ1v) is 8.84. The second-order valence-electron chi connectivity index (χ2n) is 7.08. The molecule has 0 aliphatic heterocycles. The maximum atomic E-state index is 13.0. The minimum Gasteiger partial charge on any atom is -0.389 e. The van der Waals surface area contributed by atoms with Crippen molar-refractivity contribution >= 4 is 17.5 Å². The molecular weight excluding hydrogens is 340 g/mol. The Balaban J connectivity index is 2.20. The van der Waals surface area contributed by atoms with Crippen LogP contribution in [0.4, 0.5) is 5.69 Å². The van der Waals surface area contributed by atoms with E-state index in [2.05, 4.69) is 11.9 Å². The summed E-state index contributed by atoms with van der Waals surface area (Å²) in [4.78, 5) is 26.2. The van der Waals surface area contributed by atoms with Gasteiger partial charge in [0.25, 0.3) is 0 Å². The highest BCUT2D eigenvalue weighted by molar-refractivity contribution is 5.99. The largest absolute Gasteiger partial charge is 0.389 e. The minimum atomic E-state index is -1.01. The molecule has 0 atom stereocenters. The molecule has 27 heavy (non-hydrogen) atoms. The predicted octanol–water partition coefficient (Wildman–Crippen LogP) is 3.15. The summed E-state index contributed by atoms with van der Waals surface area (Å²) in [6.07, 6.45) is 1.31. The van der Waals surface area contributed by atoms with Crippen LogP contribution >= 0.6 is 0 Å². The van der Waals surface area contributed by atoms with E-state index in [0.29, 0.717) is 17.8 Å². The second-order valence-corrected chi connectivity index (χ2v) is 7.08. The lowest BCUT2D eigenvalue weighted by molar-refractivity contribution is -0.134. The quantitative estimate of drug-likeness (QED) is 0.705. The summed E-state index contributed by atoms with van der Waals surface area (Å²) in [5, 5.41) is 12.9. The molecule has 0 aliphatic carbocycles. The Bertz CT molecular complexity index is 795. The lowest BCUT2D eigenvalue weighted by Gasteiger charge is -2.29. The van der Waals surface area contributed by atoms with Crippen LogP contribution in [0.15, 0.2) is 67.3 Å². The minimum absolute atomic E-state index is 0.122. The van der Waals surface area contributed by atoms with E-state index in [4.69, 9.17) is 0 Å². The molecule has 0 saturated heterocycles. The van der Waals surface area contributed by atoms with E-state index in [9.17, 15) is 14.7 Å². The van der Waals surface area contributed by atoms with Gasteiger partial charge in [-0.2, -0.15) is 0 Å². The Morgan fingerprint density at radius 3 is 2.37 bits per heavy atom. The summed E-state index contributed by atoms with van der Waals surface area (Å²) in [5.41, 5.74) is 1.27. The topological polar surface area (TPSA) is 69.6 Å². The van der Waals surface area contributed by atoms with Crippen LogP contribution in [0, 0.1) is 0 Å². The first kappa shape index (κ1) is 20.4. The van der Waals surface area contributed by atoms with Gasteiger partial charge in [-0.3, -0.25) is 9.59 Å². The number of benzene rings is 2. The lowest BCUT2D eigenvalue weighted by Crippen LogP contribution is -2.42. The summed E-state index contributed by atoms with van der Waals surface area (Å²) in [5.74, 6) is -0.450. The summed E-state index contributed by atoms with van der Waals surface area (Å²) in [6, 6.07) is 16.8. The zero-order chi connectivity index (χ0) is 19.9. The van der Waals surface area contributed by atoms with Crippen molar-refractivity contribution in [2.24, 2.45) is 0 Å². The fourth-order valence-corrected chi connectivity index (χ4v) is 2.76. The molecule has 2 aromatic rings. The molecule has 0 fully saturated rings. The molecule has 0 unspecified atom stereocenters.